The van der Waals surface area contributed by atoms with Crippen molar-refractivity contribution in [2.24, 2.45) is 17.8 Å². The van der Waals surface area contributed by atoms with Gasteiger partial charge in [-0.3, -0.25) is 9.59 Å². The number of hydrogen-bond donors (Lipinski definition) is 3. The number of hydrogen-bond acceptors (Lipinski definition) is 6. The van der Waals surface area contributed by atoms with Crippen molar-refractivity contribution in [3.8, 4) is 0 Å². The maximum absolute atomic E-state index is 13.4. The van der Waals surface area contributed by atoms with Crippen molar-refractivity contribution in [3.05, 3.63) is 0 Å². The summed E-state index contributed by atoms with van der Waals surface area (Å²) in [6, 6.07) is -1.73. The van der Waals surface area contributed by atoms with E-state index in [2.05, 4.69) is 22.9 Å². The molecule has 9 heteroatoms. The number of rotatable bonds is 10. The molecule has 0 bridgehead atoms. The lowest BCUT2D eigenvalue weighted by Gasteiger charge is -2.39. The predicted octanol–water partition coefficient (Wildman–Crippen LogP) is 3.69. The van der Waals surface area contributed by atoms with Crippen molar-refractivity contribution in [1.82, 2.24) is 16.0 Å². The molecule has 0 radical (unpaired) electrons. The molecule has 3 amide bonds. The number of carbonyl (C=O) groups excluding carboxylic acids is 4. The zero-order valence-electron chi connectivity index (χ0n) is 23.1. The Morgan fingerprint density at radius 2 is 1.49 bits per heavy atom. The van der Waals surface area contributed by atoms with Crippen LogP contribution in [0.4, 0.5) is 4.79 Å². The molecule has 0 unspecified atom stereocenters. The Balaban J connectivity index is 3.08. The number of amides is 3. The molecule has 0 aliphatic heterocycles. The van der Waals surface area contributed by atoms with E-state index < -0.39 is 47.1 Å². The van der Waals surface area contributed by atoms with Crippen LogP contribution < -0.4 is 16.0 Å². The van der Waals surface area contributed by atoms with E-state index in [-0.39, 0.29) is 17.8 Å². The molecular weight excluding hydrogens is 450 g/mol. The van der Waals surface area contributed by atoms with Gasteiger partial charge in [-0.05, 0) is 64.2 Å². The van der Waals surface area contributed by atoms with Crippen LogP contribution >= 0.6 is 0 Å². The second-order valence-corrected chi connectivity index (χ2v) is 11.8. The molecule has 0 spiro atoms. The highest BCUT2D eigenvalue weighted by molar-refractivity contribution is 5.94. The average molecular weight is 498 g/mol. The summed E-state index contributed by atoms with van der Waals surface area (Å²) in [6.07, 6.45) is 2.83. The first-order valence-electron chi connectivity index (χ1n) is 12.8. The van der Waals surface area contributed by atoms with Crippen LogP contribution in [0.15, 0.2) is 0 Å². The van der Waals surface area contributed by atoms with E-state index in [0.29, 0.717) is 25.7 Å². The van der Waals surface area contributed by atoms with Crippen molar-refractivity contribution >= 4 is 23.9 Å². The maximum Gasteiger partial charge on any atom is 0.408 e. The lowest BCUT2D eigenvalue weighted by Crippen LogP contribution is -2.62. The van der Waals surface area contributed by atoms with E-state index in [0.717, 1.165) is 12.8 Å². The Labute approximate surface area is 210 Å². The summed E-state index contributed by atoms with van der Waals surface area (Å²) in [6.45, 7) is 15.1. The number of nitrogens with one attached hydrogen (secondary N) is 3. The molecule has 9 nitrogen and oxygen atoms in total. The third-order valence-corrected chi connectivity index (χ3v) is 5.99. The fourth-order valence-electron chi connectivity index (χ4n) is 4.55. The fourth-order valence-corrected chi connectivity index (χ4v) is 4.55. The van der Waals surface area contributed by atoms with Crippen LogP contribution in [-0.2, 0) is 23.9 Å². The van der Waals surface area contributed by atoms with Crippen LogP contribution in [0.1, 0.15) is 93.9 Å². The average Bonchev–Trinajstić information content (AvgIpc) is 2.69. The SMILES string of the molecule is COC(=O)[C@@]1(NC(=O)[C@H](CC(C)C)NC(=O)[C@H](CC(C)C)NC(=O)OC(C)(C)C)CCC[C@@H](C)C1. The topological polar surface area (TPSA) is 123 Å². The van der Waals surface area contributed by atoms with Crippen LogP contribution in [0.3, 0.4) is 0 Å². The summed E-state index contributed by atoms with van der Waals surface area (Å²) in [7, 11) is 1.32. The highest BCUT2D eigenvalue weighted by atomic mass is 16.6. The number of carbonyl (C=O) groups is 4. The molecule has 35 heavy (non-hydrogen) atoms. The lowest BCUT2D eigenvalue weighted by atomic mass is 9.76. The Morgan fingerprint density at radius 1 is 0.943 bits per heavy atom. The Kier molecular flexibility index (Phi) is 11.5. The zero-order valence-corrected chi connectivity index (χ0v) is 23.1. The smallest absolute Gasteiger partial charge is 0.408 e. The first-order valence-corrected chi connectivity index (χ1v) is 12.8. The summed E-state index contributed by atoms with van der Waals surface area (Å²) in [4.78, 5) is 51.7. The van der Waals surface area contributed by atoms with E-state index in [9.17, 15) is 19.2 Å². The monoisotopic (exact) mass is 497 g/mol. The van der Waals surface area contributed by atoms with Crippen LogP contribution in [0, 0.1) is 17.8 Å². The maximum atomic E-state index is 13.4. The quantitative estimate of drug-likeness (QED) is 0.396. The van der Waals surface area contributed by atoms with E-state index in [1.54, 1.807) is 20.8 Å². The van der Waals surface area contributed by atoms with Crippen LogP contribution in [0.25, 0.3) is 0 Å². The van der Waals surface area contributed by atoms with Crippen molar-refractivity contribution in [2.45, 2.75) is 117 Å². The van der Waals surface area contributed by atoms with Gasteiger partial charge in [0.1, 0.15) is 23.2 Å². The Morgan fingerprint density at radius 3 is 1.94 bits per heavy atom. The molecule has 3 N–H and O–H groups in total. The van der Waals surface area contributed by atoms with Crippen molar-refractivity contribution in [1.29, 1.82) is 0 Å². The Hall–Kier alpha value is -2.32. The molecule has 1 saturated carbocycles. The predicted molar refractivity (Wildman–Crippen MR) is 135 cm³/mol. The van der Waals surface area contributed by atoms with Gasteiger partial charge in [-0.15, -0.1) is 0 Å². The van der Waals surface area contributed by atoms with E-state index >= 15 is 0 Å². The molecule has 1 fully saturated rings. The summed E-state index contributed by atoms with van der Waals surface area (Å²) in [5.41, 5.74) is -1.81. The summed E-state index contributed by atoms with van der Waals surface area (Å²) in [5, 5.41) is 8.40. The first-order chi connectivity index (χ1) is 16.1. The standard InChI is InChI=1S/C26H47N3O6/c1-16(2)13-19(28-24(33)35-25(6,7)8)21(30)27-20(14-17(3)4)22(31)29-26(23(32)34-9)12-10-11-18(5)15-26/h16-20H,10-15H2,1-9H3,(H,27,30)(H,28,33)(H,29,31)/t18-,19+,20+,26-/m1/s1. The molecule has 0 heterocycles. The molecule has 0 aromatic heterocycles. The number of ether oxygens (including phenoxy) is 2. The van der Waals surface area contributed by atoms with Crippen molar-refractivity contribution in [3.63, 3.8) is 0 Å². The van der Waals surface area contributed by atoms with E-state index in [1.165, 1.54) is 7.11 Å². The minimum absolute atomic E-state index is 0.104. The minimum atomic E-state index is -1.10. The van der Waals surface area contributed by atoms with E-state index in [1.807, 2.05) is 27.7 Å². The molecule has 1 aliphatic rings. The number of alkyl carbamates (subject to hydrolysis) is 1. The van der Waals surface area contributed by atoms with Crippen LogP contribution in [-0.4, -0.2) is 54.2 Å². The molecule has 4 atom stereocenters. The van der Waals surface area contributed by atoms with Gasteiger partial charge < -0.3 is 25.4 Å². The molecule has 0 aromatic rings. The Bertz CT molecular complexity index is 746. The zero-order chi connectivity index (χ0) is 27.0. The summed E-state index contributed by atoms with van der Waals surface area (Å²) in [5.74, 6) is -0.871. The van der Waals surface area contributed by atoms with Gasteiger partial charge in [0.25, 0.3) is 0 Å². The third kappa shape index (κ3) is 10.4. The minimum Gasteiger partial charge on any atom is -0.467 e. The summed E-state index contributed by atoms with van der Waals surface area (Å²) < 4.78 is 10.4. The normalized spacial score (nSPS) is 22.2. The second-order valence-electron chi connectivity index (χ2n) is 11.8. The highest BCUT2D eigenvalue weighted by Gasteiger charge is 2.45. The third-order valence-electron chi connectivity index (χ3n) is 5.99. The number of esters is 1. The molecule has 0 saturated heterocycles. The van der Waals surface area contributed by atoms with Crippen LogP contribution in [0.2, 0.25) is 0 Å². The van der Waals surface area contributed by atoms with Gasteiger partial charge in [-0.25, -0.2) is 9.59 Å². The van der Waals surface area contributed by atoms with Crippen molar-refractivity contribution < 1.29 is 28.7 Å². The number of methoxy groups -OCH3 is 1. The van der Waals surface area contributed by atoms with Gasteiger partial charge in [0, 0.05) is 0 Å². The largest absolute Gasteiger partial charge is 0.467 e. The fraction of sp³-hybridized carbons (Fsp3) is 0.846. The molecule has 1 rings (SSSR count). The van der Waals surface area contributed by atoms with Gasteiger partial charge >= 0.3 is 12.1 Å². The van der Waals surface area contributed by atoms with Gasteiger partial charge in [-0.2, -0.15) is 0 Å². The van der Waals surface area contributed by atoms with Gasteiger partial charge in [-0.1, -0.05) is 47.5 Å². The summed E-state index contributed by atoms with van der Waals surface area (Å²) >= 11 is 0. The van der Waals surface area contributed by atoms with Gasteiger partial charge in [0.15, 0.2) is 0 Å². The lowest BCUT2D eigenvalue weighted by molar-refractivity contribution is -0.153. The molecule has 0 aromatic carbocycles. The molecular formula is C26H47N3O6. The van der Waals surface area contributed by atoms with Crippen LogP contribution in [0.5, 0.6) is 0 Å². The van der Waals surface area contributed by atoms with Gasteiger partial charge in [0.05, 0.1) is 7.11 Å². The van der Waals surface area contributed by atoms with Crippen molar-refractivity contribution in [2.75, 3.05) is 7.11 Å². The second kappa shape index (κ2) is 13.1. The molecule has 1 aliphatic carbocycles. The molecule has 202 valence electrons. The van der Waals surface area contributed by atoms with Gasteiger partial charge in [0.2, 0.25) is 11.8 Å². The first kappa shape index (κ1) is 30.7. The van der Waals surface area contributed by atoms with E-state index in [4.69, 9.17) is 9.47 Å². The highest BCUT2D eigenvalue weighted by Crippen LogP contribution is 2.33.